The van der Waals surface area contributed by atoms with Crippen LogP contribution in [0.3, 0.4) is 0 Å². The van der Waals surface area contributed by atoms with E-state index in [0.717, 1.165) is 16.9 Å². The van der Waals surface area contributed by atoms with Crippen molar-refractivity contribution in [2.24, 2.45) is 0 Å². The van der Waals surface area contributed by atoms with Crippen molar-refractivity contribution in [3.63, 3.8) is 0 Å². The molecule has 4 rings (SSSR count). The number of anilines is 1. The molecular formula is C24H24N4O3S. The van der Waals surface area contributed by atoms with Crippen LogP contribution in [0.1, 0.15) is 16.2 Å². The third-order valence-corrected chi connectivity index (χ3v) is 7.16. The monoisotopic (exact) mass is 448 g/mol. The van der Waals surface area contributed by atoms with Gasteiger partial charge in [0.25, 0.3) is 15.9 Å². The van der Waals surface area contributed by atoms with E-state index >= 15 is 0 Å². The zero-order valence-electron chi connectivity index (χ0n) is 17.9. The lowest BCUT2D eigenvalue weighted by atomic mass is 10.2. The van der Waals surface area contributed by atoms with E-state index < -0.39 is 10.0 Å². The Morgan fingerprint density at radius 2 is 1.62 bits per heavy atom. The van der Waals surface area contributed by atoms with E-state index in [1.165, 1.54) is 35.6 Å². The summed E-state index contributed by atoms with van der Waals surface area (Å²) >= 11 is 0. The van der Waals surface area contributed by atoms with Crippen LogP contribution in [-0.2, 0) is 16.6 Å². The zero-order valence-corrected chi connectivity index (χ0v) is 18.7. The first-order valence-electron chi connectivity index (χ1n) is 10.2. The summed E-state index contributed by atoms with van der Waals surface area (Å²) in [7, 11) is -2.21. The maximum absolute atomic E-state index is 12.9. The van der Waals surface area contributed by atoms with Crippen LogP contribution in [0.4, 0.5) is 5.69 Å². The molecule has 164 valence electrons. The number of nitrogens with one attached hydrogen (secondary N) is 1. The first-order chi connectivity index (χ1) is 15.4. The number of para-hydroxylation sites is 3. The van der Waals surface area contributed by atoms with Crippen LogP contribution < -0.4 is 9.62 Å². The minimum absolute atomic E-state index is 0.126. The molecule has 0 atom stereocenters. The number of amides is 1. The number of nitrogens with zero attached hydrogens (tertiary/aromatic N) is 3. The van der Waals surface area contributed by atoms with Gasteiger partial charge in [-0.15, -0.1) is 0 Å². The highest BCUT2D eigenvalue weighted by molar-refractivity contribution is 7.92. The Bertz CT molecular complexity index is 1350. The molecule has 0 fully saturated rings. The quantitative estimate of drug-likeness (QED) is 0.468. The number of rotatable bonds is 7. The second-order valence-electron chi connectivity index (χ2n) is 7.39. The molecule has 4 aromatic rings. The normalized spacial score (nSPS) is 11.4. The van der Waals surface area contributed by atoms with Gasteiger partial charge in [-0.05, 0) is 55.5 Å². The first-order valence-corrected chi connectivity index (χ1v) is 11.7. The molecular weight excluding hydrogens is 424 g/mol. The Labute approximate surface area is 187 Å². The largest absolute Gasteiger partial charge is 0.350 e. The van der Waals surface area contributed by atoms with Gasteiger partial charge in [-0.1, -0.05) is 30.3 Å². The van der Waals surface area contributed by atoms with Gasteiger partial charge in [0.15, 0.2) is 0 Å². The van der Waals surface area contributed by atoms with Crippen molar-refractivity contribution in [1.29, 1.82) is 0 Å². The average molecular weight is 449 g/mol. The summed E-state index contributed by atoms with van der Waals surface area (Å²) in [6, 6.07) is 22.7. The van der Waals surface area contributed by atoms with Crippen LogP contribution in [0.5, 0.6) is 0 Å². The number of aryl methyl sites for hydroxylation is 1. The highest BCUT2D eigenvalue weighted by Gasteiger charge is 2.21. The minimum Gasteiger partial charge on any atom is -0.350 e. The Morgan fingerprint density at radius 1 is 0.969 bits per heavy atom. The fourth-order valence-corrected chi connectivity index (χ4v) is 4.77. The molecule has 7 nitrogen and oxygen atoms in total. The SMILES string of the molecule is Cc1nc2ccccc2n1CCNC(=O)c1ccc(S(=O)(=O)N(C)c2ccccc2)cc1. The molecule has 0 saturated heterocycles. The molecule has 3 aromatic carbocycles. The smallest absolute Gasteiger partial charge is 0.264 e. The van der Waals surface area contributed by atoms with Crippen molar-refractivity contribution in [2.75, 3.05) is 17.9 Å². The molecule has 0 saturated carbocycles. The number of carbonyl (C=O) groups is 1. The predicted octanol–water partition coefficient (Wildman–Crippen LogP) is 3.60. The van der Waals surface area contributed by atoms with Gasteiger partial charge in [0, 0.05) is 25.7 Å². The highest BCUT2D eigenvalue weighted by Crippen LogP contribution is 2.22. The fraction of sp³-hybridized carbons (Fsp3) is 0.167. The van der Waals surface area contributed by atoms with Crippen LogP contribution in [0, 0.1) is 6.92 Å². The molecule has 0 aliphatic heterocycles. The molecule has 0 aliphatic carbocycles. The summed E-state index contributed by atoms with van der Waals surface area (Å²) in [5, 5.41) is 2.89. The molecule has 8 heteroatoms. The maximum Gasteiger partial charge on any atom is 0.264 e. The van der Waals surface area contributed by atoms with Crippen LogP contribution in [0.15, 0.2) is 83.8 Å². The molecule has 0 radical (unpaired) electrons. The van der Waals surface area contributed by atoms with E-state index in [1.54, 1.807) is 24.3 Å². The van der Waals surface area contributed by atoms with E-state index in [1.807, 2.05) is 37.3 Å². The molecule has 1 N–H and O–H groups in total. The number of fused-ring (bicyclic) bond motifs is 1. The van der Waals surface area contributed by atoms with Crippen molar-refractivity contribution in [2.45, 2.75) is 18.4 Å². The summed E-state index contributed by atoms with van der Waals surface area (Å²) in [6.45, 7) is 2.96. The molecule has 0 unspecified atom stereocenters. The van der Waals surface area contributed by atoms with E-state index in [9.17, 15) is 13.2 Å². The van der Waals surface area contributed by atoms with E-state index in [4.69, 9.17) is 0 Å². The van der Waals surface area contributed by atoms with Gasteiger partial charge in [-0.2, -0.15) is 0 Å². The maximum atomic E-state index is 12.9. The third kappa shape index (κ3) is 4.22. The summed E-state index contributed by atoms with van der Waals surface area (Å²) in [5.41, 5.74) is 2.92. The number of sulfonamides is 1. The number of hydrogen-bond donors (Lipinski definition) is 1. The topological polar surface area (TPSA) is 84.3 Å². The van der Waals surface area contributed by atoms with Gasteiger partial charge in [-0.25, -0.2) is 13.4 Å². The van der Waals surface area contributed by atoms with Crippen molar-refractivity contribution >= 4 is 32.7 Å². The Hall–Kier alpha value is -3.65. The first kappa shape index (κ1) is 21.6. The summed E-state index contributed by atoms with van der Waals surface area (Å²) < 4.78 is 29.0. The average Bonchev–Trinajstić information content (AvgIpc) is 3.14. The predicted molar refractivity (Wildman–Crippen MR) is 125 cm³/mol. The zero-order chi connectivity index (χ0) is 22.7. The number of imidazole rings is 1. The van der Waals surface area contributed by atoms with Crippen LogP contribution in [-0.4, -0.2) is 37.5 Å². The van der Waals surface area contributed by atoms with Gasteiger partial charge >= 0.3 is 0 Å². The minimum atomic E-state index is -3.72. The van der Waals surface area contributed by atoms with E-state index in [0.29, 0.717) is 24.3 Å². The van der Waals surface area contributed by atoms with Crippen LogP contribution in [0.2, 0.25) is 0 Å². The van der Waals surface area contributed by atoms with Crippen molar-refractivity contribution in [3.05, 3.63) is 90.3 Å². The van der Waals surface area contributed by atoms with Gasteiger partial charge in [-0.3, -0.25) is 9.10 Å². The second kappa shape index (κ2) is 8.84. The van der Waals surface area contributed by atoms with Gasteiger partial charge in [0.1, 0.15) is 5.82 Å². The molecule has 1 amide bonds. The molecule has 0 bridgehead atoms. The van der Waals surface area contributed by atoms with Crippen molar-refractivity contribution in [1.82, 2.24) is 14.9 Å². The Balaban J connectivity index is 1.41. The third-order valence-electron chi connectivity index (χ3n) is 5.36. The number of benzene rings is 3. The number of aromatic nitrogens is 2. The summed E-state index contributed by atoms with van der Waals surface area (Å²) in [5.74, 6) is 0.630. The number of hydrogen-bond acceptors (Lipinski definition) is 4. The second-order valence-corrected chi connectivity index (χ2v) is 9.36. The molecule has 0 spiro atoms. The summed E-state index contributed by atoms with van der Waals surface area (Å²) in [4.78, 5) is 17.2. The van der Waals surface area contributed by atoms with Crippen molar-refractivity contribution in [3.8, 4) is 0 Å². The van der Waals surface area contributed by atoms with E-state index in [-0.39, 0.29) is 10.8 Å². The Morgan fingerprint density at radius 3 is 2.34 bits per heavy atom. The number of carbonyl (C=O) groups excluding carboxylic acids is 1. The molecule has 1 aromatic heterocycles. The Kier molecular flexibility index (Phi) is 5.96. The highest BCUT2D eigenvalue weighted by atomic mass is 32.2. The molecule has 32 heavy (non-hydrogen) atoms. The van der Waals surface area contributed by atoms with Crippen LogP contribution in [0.25, 0.3) is 11.0 Å². The lowest BCUT2D eigenvalue weighted by molar-refractivity contribution is 0.0952. The molecule has 0 aliphatic rings. The summed E-state index contributed by atoms with van der Waals surface area (Å²) in [6.07, 6.45) is 0. The lowest BCUT2D eigenvalue weighted by Crippen LogP contribution is -2.28. The van der Waals surface area contributed by atoms with Crippen molar-refractivity contribution < 1.29 is 13.2 Å². The van der Waals surface area contributed by atoms with Crippen LogP contribution >= 0.6 is 0 Å². The standard InChI is InChI=1S/C24H24N4O3S/c1-18-26-22-10-6-7-11-23(22)28(18)17-16-25-24(29)19-12-14-21(15-13-19)32(30,31)27(2)20-8-4-3-5-9-20/h3-15H,16-17H2,1-2H3,(H,25,29). The lowest BCUT2D eigenvalue weighted by Gasteiger charge is -2.19. The van der Waals surface area contributed by atoms with Gasteiger partial charge < -0.3 is 9.88 Å². The van der Waals surface area contributed by atoms with Gasteiger partial charge in [0.05, 0.1) is 21.6 Å². The fourth-order valence-electron chi connectivity index (χ4n) is 3.57. The van der Waals surface area contributed by atoms with Gasteiger partial charge in [0.2, 0.25) is 0 Å². The van der Waals surface area contributed by atoms with E-state index in [2.05, 4.69) is 14.9 Å². The molecule has 1 heterocycles.